The summed E-state index contributed by atoms with van der Waals surface area (Å²) in [5, 5.41) is 11.4. The summed E-state index contributed by atoms with van der Waals surface area (Å²) in [6.45, 7) is 1.65. The standard InChI is InChI=1S/C24H28N2O8/c1-13(22(29)15-10-19(32-3)23(34-5)20(11-15)33-4)8-14-6-7-18(31-2)17(9-14)26-24(30)16(25)12-21(27)28/h6-11,16H,12,25H2,1-5H3,(H,26,30)(H,27,28). The Hall–Kier alpha value is -4.05. The average Bonchev–Trinajstić information content (AvgIpc) is 2.82. The molecule has 1 unspecified atom stereocenters. The first-order chi connectivity index (χ1) is 16.1. The van der Waals surface area contributed by atoms with Gasteiger partial charge in [-0.05, 0) is 48.4 Å². The second kappa shape index (κ2) is 11.7. The summed E-state index contributed by atoms with van der Waals surface area (Å²) in [6, 6.07) is 6.80. The molecule has 182 valence electrons. The second-order valence-electron chi connectivity index (χ2n) is 7.22. The molecule has 0 fully saturated rings. The first kappa shape index (κ1) is 26.2. The SMILES string of the molecule is COc1ccc(C=C(C)C(=O)c2cc(OC)c(OC)c(OC)c2)cc1NC(=O)C(N)CC(=O)O. The molecular formula is C24H28N2O8. The summed E-state index contributed by atoms with van der Waals surface area (Å²) in [7, 11) is 5.83. The van der Waals surface area contributed by atoms with Gasteiger partial charge in [0.25, 0.3) is 0 Å². The van der Waals surface area contributed by atoms with Gasteiger partial charge in [-0.15, -0.1) is 0 Å². The van der Waals surface area contributed by atoms with Crippen LogP contribution in [-0.4, -0.2) is 57.2 Å². The van der Waals surface area contributed by atoms with Crippen LogP contribution in [0.3, 0.4) is 0 Å². The molecule has 2 aromatic rings. The van der Waals surface area contributed by atoms with Gasteiger partial charge in [0.1, 0.15) is 5.75 Å². The first-order valence-electron chi connectivity index (χ1n) is 10.1. The van der Waals surface area contributed by atoms with Crippen molar-refractivity contribution in [2.24, 2.45) is 5.73 Å². The highest BCUT2D eigenvalue weighted by Gasteiger charge is 2.20. The lowest BCUT2D eigenvalue weighted by molar-refractivity contribution is -0.138. The molecular weight excluding hydrogens is 444 g/mol. The highest BCUT2D eigenvalue weighted by atomic mass is 16.5. The molecule has 0 saturated carbocycles. The number of aliphatic carboxylic acids is 1. The number of hydrogen-bond acceptors (Lipinski definition) is 8. The number of anilines is 1. The first-order valence-corrected chi connectivity index (χ1v) is 10.1. The largest absolute Gasteiger partial charge is 0.495 e. The number of allylic oxidation sites excluding steroid dienone is 1. The Balaban J connectivity index is 2.36. The van der Waals surface area contributed by atoms with Gasteiger partial charge in [0.15, 0.2) is 17.3 Å². The van der Waals surface area contributed by atoms with Crippen LogP contribution >= 0.6 is 0 Å². The van der Waals surface area contributed by atoms with Gasteiger partial charge in [-0.2, -0.15) is 0 Å². The number of carbonyl (C=O) groups excluding carboxylic acids is 2. The number of carboxylic acids is 1. The Bertz CT molecular complexity index is 1090. The van der Waals surface area contributed by atoms with Crippen molar-refractivity contribution in [3.05, 3.63) is 47.0 Å². The van der Waals surface area contributed by atoms with Crippen LogP contribution in [0.15, 0.2) is 35.9 Å². The molecule has 0 bridgehead atoms. The van der Waals surface area contributed by atoms with E-state index < -0.39 is 24.3 Å². The van der Waals surface area contributed by atoms with Crippen molar-refractivity contribution in [1.29, 1.82) is 0 Å². The Kier molecular flexibility index (Phi) is 9.02. The summed E-state index contributed by atoms with van der Waals surface area (Å²) in [6.07, 6.45) is 1.12. The molecule has 0 heterocycles. The van der Waals surface area contributed by atoms with Gasteiger partial charge in [0, 0.05) is 5.56 Å². The number of hydrogen-bond donors (Lipinski definition) is 3. The lowest BCUT2D eigenvalue weighted by Gasteiger charge is -2.15. The fraction of sp³-hybridized carbons (Fsp3) is 0.292. The van der Waals surface area contributed by atoms with Crippen molar-refractivity contribution in [2.45, 2.75) is 19.4 Å². The van der Waals surface area contributed by atoms with E-state index >= 15 is 0 Å². The average molecular weight is 472 g/mol. The highest BCUT2D eigenvalue weighted by Crippen LogP contribution is 2.38. The topological polar surface area (TPSA) is 146 Å². The van der Waals surface area contributed by atoms with E-state index in [2.05, 4.69) is 5.32 Å². The number of rotatable bonds is 11. The van der Waals surface area contributed by atoms with Crippen molar-refractivity contribution in [3.63, 3.8) is 0 Å². The van der Waals surface area contributed by atoms with E-state index in [4.69, 9.17) is 29.8 Å². The zero-order valence-corrected chi connectivity index (χ0v) is 19.6. The predicted molar refractivity (Wildman–Crippen MR) is 126 cm³/mol. The number of carbonyl (C=O) groups is 3. The third-order valence-corrected chi connectivity index (χ3v) is 4.88. The maximum atomic E-state index is 13.1. The number of carboxylic acid groups (broad SMARTS) is 1. The molecule has 0 spiro atoms. The molecule has 4 N–H and O–H groups in total. The van der Waals surface area contributed by atoms with Crippen molar-refractivity contribution in [2.75, 3.05) is 33.8 Å². The molecule has 0 aromatic heterocycles. The molecule has 34 heavy (non-hydrogen) atoms. The molecule has 10 nitrogen and oxygen atoms in total. The number of Topliss-reactive ketones (excluding diaryl/α,β-unsaturated/α-hetero) is 1. The Morgan fingerprint density at radius 2 is 1.56 bits per heavy atom. The van der Waals surface area contributed by atoms with Crippen LogP contribution in [0.2, 0.25) is 0 Å². The van der Waals surface area contributed by atoms with Crippen LogP contribution in [0, 0.1) is 0 Å². The number of methoxy groups -OCH3 is 4. The number of ketones is 1. The van der Waals surface area contributed by atoms with Crippen molar-refractivity contribution in [3.8, 4) is 23.0 Å². The van der Waals surface area contributed by atoms with Gasteiger partial charge in [-0.1, -0.05) is 6.07 Å². The molecule has 2 aromatic carbocycles. The molecule has 1 atom stereocenters. The minimum atomic E-state index is -1.23. The Morgan fingerprint density at radius 3 is 2.06 bits per heavy atom. The van der Waals surface area contributed by atoms with E-state index in [9.17, 15) is 14.4 Å². The molecule has 1 amide bonds. The normalized spacial score (nSPS) is 11.9. The molecule has 0 aliphatic carbocycles. The zero-order valence-electron chi connectivity index (χ0n) is 19.6. The minimum absolute atomic E-state index is 0.274. The lowest BCUT2D eigenvalue weighted by Crippen LogP contribution is -2.37. The maximum Gasteiger partial charge on any atom is 0.305 e. The number of nitrogens with two attached hydrogens (primary N) is 1. The second-order valence-corrected chi connectivity index (χ2v) is 7.22. The molecule has 0 saturated heterocycles. The summed E-state index contributed by atoms with van der Waals surface area (Å²) in [5.41, 5.74) is 7.25. The fourth-order valence-corrected chi connectivity index (χ4v) is 3.17. The van der Waals surface area contributed by atoms with E-state index in [-0.39, 0.29) is 11.5 Å². The van der Waals surface area contributed by atoms with E-state index in [0.717, 1.165) is 0 Å². The van der Waals surface area contributed by atoms with Crippen LogP contribution in [0.1, 0.15) is 29.3 Å². The number of amides is 1. The van der Waals surface area contributed by atoms with Crippen LogP contribution < -0.4 is 30.0 Å². The van der Waals surface area contributed by atoms with E-state index in [1.807, 2.05) is 0 Å². The monoisotopic (exact) mass is 472 g/mol. The number of ether oxygens (including phenoxy) is 4. The molecule has 0 aliphatic rings. The molecule has 0 radical (unpaired) electrons. The molecule has 2 rings (SSSR count). The smallest absolute Gasteiger partial charge is 0.305 e. The van der Waals surface area contributed by atoms with Gasteiger partial charge >= 0.3 is 5.97 Å². The van der Waals surface area contributed by atoms with Gasteiger partial charge in [0.05, 0.1) is 46.6 Å². The van der Waals surface area contributed by atoms with Gasteiger partial charge < -0.3 is 35.1 Å². The highest BCUT2D eigenvalue weighted by molar-refractivity contribution is 6.11. The van der Waals surface area contributed by atoms with Gasteiger partial charge in [0.2, 0.25) is 11.7 Å². The minimum Gasteiger partial charge on any atom is -0.495 e. The summed E-state index contributed by atoms with van der Waals surface area (Å²) in [5.74, 6) is -0.708. The van der Waals surface area contributed by atoms with Crippen molar-refractivity contribution in [1.82, 2.24) is 0 Å². The third-order valence-electron chi connectivity index (χ3n) is 4.88. The zero-order chi connectivity index (χ0) is 25.4. The summed E-state index contributed by atoms with van der Waals surface area (Å²) < 4.78 is 21.2. The van der Waals surface area contributed by atoms with Crippen LogP contribution in [0.5, 0.6) is 23.0 Å². The Morgan fingerprint density at radius 1 is 0.971 bits per heavy atom. The number of benzene rings is 2. The summed E-state index contributed by atoms with van der Waals surface area (Å²) >= 11 is 0. The van der Waals surface area contributed by atoms with Crippen LogP contribution in [0.25, 0.3) is 6.08 Å². The van der Waals surface area contributed by atoms with Crippen molar-refractivity contribution < 1.29 is 38.4 Å². The maximum absolute atomic E-state index is 13.1. The third kappa shape index (κ3) is 6.26. The summed E-state index contributed by atoms with van der Waals surface area (Å²) in [4.78, 5) is 36.1. The van der Waals surface area contributed by atoms with Gasteiger partial charge in [-0.25, -0.2) is 0 Å². The molecule has 10 heteroatoms. The van der Waals surface area contributed by atoms with Crippen LogP contribution in [0.4, 0.5) is 5.69 Å². The van der Waals surface area contributed by atoms with Crippen molar-refractivity contribution >= 4 is 29.4 Å². The fourth-order valence-electron chi connectivity index (χ4n) is 3.17. The number of nitrogens with one attached hydrogen (secondary N) is 1. The van der Waals surface area contributed by atoms with Crippen LogP contribution in [-0.2, 0) is 9.59 Å². The molecule has 0 aliphatic heterocycles. The van der Waals surface area contributed by atoms with E-state index in [0.29, 0.717) is 39.7 Å². The lowest BCUT2D eigenvalue weighted by atomic mass is 10.0. The van der Waals surface area contributed by atoms with Gasteiger partial charge in [-0.3, -0.25) is 14.4 Å². The van der Waals surface area contributed by atoms with E-state index in [1.165, 1.54) is 28.4 Å². The Labute approximate surface area is 197 Å². The predicted octanol–water partition coefficient (Wildman–Crippen LogP) is 2.75. The van der Waals surface area contributed by atoms with E-state index in [1.54, 1.807) is 43.3 Å². The quantitative estimate of drug-likeness (QED) is 0.332.